The van der Waals surface area contributed by atoms with Gasteiger partial charge in [0.25, 0.3) is 0 Å². The summed E-state index contributed by atoms with van der Waals surface area (Å²) in [6.07, 6.45) is 5.66. The smallest absolute Gasteiger partial charge is 0.249 e. The van der Waals surface area contributed by atoms with Crippen LogP contribution >= 0.6 is 11.3 Å². The Bertz CT molecular complexity index is 799. The van der Waals surface area contributed by atoms with Crippen LogP contribution in [0.1, 0.15) is 25.5 Å². The van der Waals surface area contributed by atoms with Gasteiger partial charge in [0.2, 0.25) is 10.0 Å². The van der Waals surface area contributed by atoms with E-state index in [1.807, 2.05) is 6.07 Å². The van der Waals surface area contributed by atoms with Crippen LogP contribution in [0.3, 0.4) is 0 Å². The molecule has 10 heteroatoms. The Kier molecular flexibility index (Phi) is 4.97. The van der Waals surface area contributed by atoms with E-state index >= 15 is 0 Å². The van der Waals surface area contributed by atoms with Gasteiger partial charge < -0.3 is 10.2 Å². The average Bonchev–Trinajstić information content (AvgIpc) is 3.04. The molecule has 130 valence electrons. The van der Waals surface area contributed by atoms with Gasteiger partial charge in [0.15, 0.2) is 9.34 Å². The Morgan fingerprint density at radius 2 is 2.08 bits per heavy atom. The molecule has 0 spiro atoms. The van der Waals surface area contributed by atoms with Crippen LogP contribution < -0.4 is 15.4 Å². The zero-order valence-corrected chi connectivity index (χ0v) is 15.0. The molecule has 1 aliphatic rings. The van der Waals surface area contributed by atoms with Crippen LogP contribution in [-0.4, -0.2) is 42.5 Å². The zero-order chi connectivity index (χ0) is 17.2. The maximum absolute atomic E-state index is 11.3. The number of sulfonamides is 1. The first kappa shape index (κ1) is 17.1. The lowest BCUT2D eigenvalue weighted by Gasteiger charge is -2.33. The van der Waals surface area contributed by atoms with Crippen molar-refractivity contribution in [2.45, 2.75) is 36.4 Å². The lowest BCUT2D eigenvalue weighted by molar-refractivity contribution is 0.523. The summed E-state index contributed by atoms with van der Waals surface area (Å²) in [6.45, 7) is 3.84. The van der Waals surface area contributed by atoms with Gasteiger partial charge in [-0.25, -0.2) is 28.5 Å². The molecule has 24 heavy (non-hydrogen) atoms. The number of piperidine rings is 1. The number of anilines is 2. The van der Waals surface area contributed by atoms with Crippen LogP contribution in [0.5, 0.6) is 0 Å². The van der Waals surface area contributed by atoms with Gasteiger partial charge in [0.05, 0.1) is 6.20 Å². The van der Waals surface area contributed by atoms with Gasteiger partial charge in [-0.2, -0.15) is 0 Å². The van der Waals surface area contributed by atoms with Crippen molar-refractivity contribution >= 4 is 32.3 Å². The van der Waals surface area contributed by atoms with E-state index in [-0.39, 0.29) is 10.3 Å². The fourth-order valence-corrected chi connectivity index (χ4v) is 4.17. The lowest BCUT2D eigenvalue weighted by Crippen LogP contribution is -2.39. The minimum absolute atomic E-state index is 0.0792. The van der Waals surface area contributed by atoms with Gasteiger partial charge in [-0.1, -0.05) is 18.3 Å². The maximum atomic E-state index is 11.3. The van der Waals surface area contributed by atoms with Crippen molar-refractivity contribution in [3.05, 3.63) is 24.3 Å². The molecule has 8 nitrogen and oxygen atoms in total. The summed E-state index contributed by atoms with van der Waals surface area (Å²) in [5.41, 5.74) is 1.04. The Morgan fingerprint density at radius 1 is 1.33 bits per heavy atom. The average molecular weight is 368 g/mol. The number of thiazole rings is 1. The summed E-state index contributed by atoms with van der Waals surface area (Å²) in [6, 6.07) is 2.29. The summed E-state index contributed by atoms with van der Waals surface area (Å²) in [5.74, 6) is 0.964. The fraction of sp³-hybridized carbons (Fsp3) is 0.500. The third-order valence-corrected chi connectivity index (χ3v) is 6.32. The van der Waals surface area contributed by atoms with Crippen molar-refractivity contribution < 1.29 is 8.42 Å². The zero-order valence-electron chi connectivity index (χ0n) is 13.3. The standard InChI is InChI=1S/C14H20N6O2S2/c1-2-10-7-12(18-9-17-10)20-5-3-11(4-6-20)19-14-16-8-13(23-14)24(15,21)22/h7-9,11H,2-6H2,1H3,(H,16,19)(H2,15,21,22). The van der Waals surface area contributed by atoms with E-state index in [2.05, 4.69) is 32.1 Å². The van der Waals surface area contributed by atoms with E-state index in [4.69, 9.17) is 5.14 Å². The molecule has 0 amide bonds. The highest BCUT2D eigenvalue weighted by Gasteiger charge is 2.22. The largest absolute Gasteiger partial charge is 0.359 e. The normalized spacial score (nSPS) is 16.3. The van der Waals surface area contributed by atoms with Gasteiger partial charge >= 0.3 is 0 Å². The first-order valence-electron chi connectivity index (χ1n) is 7.76. The third-order valence-electron chi connectivity index (χ3n) is 3.98. The molecule has 2 aromatic heterocycles. The lowest BCUT2D eigenvalue weighted by atomic mass is 10.1. The van der Waals surface area contributed by atoms with E-state index < -0.39 is 10.0 Å². The predicted molar refractivity (Wildman–Crippen MR) is 93.8 cm³/mol. The Morgan fingerprint density at radius 3 is 2.71 bits per heavy atom. The van der Waals surface area contributed by atoms with Crippen molar-refractivity contribution in [3.63, 3.8) is 0 Å². The van der Waals surface area contributed by atoms with Crippen molar-refractivity contribution in [1.29, 1.82) is 0 Å². The molecule has 0 atom stereocenters. The second-order valence-corrected chi connectivity index (χ2v) is 8.48. The molecule has 0 bridgehead atoms. The molecule has 0 radical (unpaired) electrons. The summed E-state index contributed by atoms with van der Waals surface area (Å²) in [5, 5.41) is 8.99. The third kappa shape index (κ3) is 4.00. The number of primary sulfonamides is 1. The molecule has 0 aliphatic carbocycles. The topological polar surface area (TPSA) is 114 Å². The van der Waals surface area contributed by atoms with Gasteiger partial charge in [-0.15, -0.1) is 0 Å². The number of nitrogens with two attached hydrogens (primary N) is 1. The minimum atomic E-state index is -3.68. The molecule has 1 fully saturated rings. The molecule has 1 saturated heterocycles. The van der Waals surface area contributed by atoms with E-state index in [9.17, 15) is 8.42 Å². The van der Waals surface area contributed by atoms with Crippen molar-refractivity contribution in [1.82, 2.24) is 15.0 Å². The van der Waals surface area contributed by atoms with Crippen LogP contribution in [0.25, 0.3) is 0 Å². The number of aromatic nitrogens is 3. The van der Waals surface area contributed by atoms with E-state index in [0.717, 1.165) is 55.2 Å². The highest BCUT2D eigenvalue weighted by molar-refractivity contribution is 7.91. The molecular weight excluding hydrogens is 348 g/mol. The van der Waals surface area contributed by atoms with Crippen LogP contribution in [0, 0.1) is 0 Å². The highest BCUT2D eigenvalue weighted by atomic mass is 32.2. The fourth-order valence-electron chi connectivity index (χ4n) is 2.64. The monoisotopic (exact) mass is 368 g/mol. The van der Waals surface area contributed by atoms with Crippen LogP contribution in [-0.2, 0) is 16.4 Å². The molecular formula is C14H20N6O2S2. The van der Waals surface area contributed by atoms with E-state index in [1.165, 1.54) is 6.20 Å². The first-order valence-corrected chi connectivity index (χ1v) is 10.1. The SMILES string of the molecule is CCc1cc(N2CCC(Nc3ncc(S(N)(=O)=O)s3)CC2)ncn1. The Hall–Kier alpha value is -1.78. The number of hydrogen-bond acceptors (Lipinski definition) is 8. The summed E-state index contributed by atoms with van der Waals surface area (Å²) >= 11 is 1.07. The van der Waals surface area contributed by atoms with Crippen LogP contribution in [0.4, 0.5) is 10.9 Å². The van der Waals surface area contributed by atoms with Gasteiger partial charge in [0, 0.05) is 30.9 Å². The van der Waals surface area contributed by atoms with Crippen molar-refractivity contribution in [2.24, 2.45) is 5.14 Å². The summed E-state index contributed by atoms with van der Waals surface area (Å²) < 4.78 is 22.7. The summed E-state index contributed by atoms with van der Waals surface area (Å²) in [7, 11) is -3.68. The minimum Gasteiger partial charge on any atom is -0.359 e. The second kappa shape index (κ2) is 6.99. The quantitative estimate of drug-likeness (QED) is 0.815. The van der Waals surface area contributed by atoms with Gasteiger partial charge in [-0.3, -0.25) is 0 Å². The molecule has 3 heterocycles. The Labute approximate surface area is 145 Å². The van der Waals surface area contributed by atoms with Gasteiger partial charge in [0.1, 0.15) is 12.1 Å². The number of hydrogen-bond donors (Lipinski definition) is 2. The molecule has 3 N–H and O–H groups in total. The van der Waals surface area contributed by atoms with Crippen molar-refractivity contribution in [3.8, 4) is 0 Å². The van der Waals surface area contributed by atoms with Gasteiger partial charge in [-0.05, 0) is 19.3 Å². The maximum Gasteiger partial charge on any atom is 0.249 e. The molecule has 1 aliphatic heterocycles. The molecule has 0 unspecified atom stereocenters. The first-order chi connectivity index (χ1) is 11.5. The van der Waals surface area contributed by atoms with Crippen LogP contribution in [0.15, 0.2) is 22.8 Å². The predicted octanol–water partition coefficient (Wildman–Crippen LogP) is 1.22. The van der Waals surface area contributed by atoms with Crippen LogP contribution in [0.2, 0.25) is 0 Å². The number of aryl methyl sites for hydroxylation is 1. The highest BCUT2D eigenvalue weighted by Crippen LogP contribution is 2.25. The number of nitrogens with zero attached hydrogens (tertiary/aromatic N) is 4. The number of rotatable bonds is 5. The number of nitrogens with one attached hydrogen (secondary N) is 1. The molecule has 0 saturated carbocycles. The summed E-state index contributed by atoms with van der Waals surface area (Å²) in [4.78, 5) is 14.9. The van der Waals surface area contributed by atoms with E-state index in [1.54, 1.807) is 6.33 Å². The Balaban J connectivity index is 1.58. The second-order valence-electron chi connectivity index (χ2n) is 5.66. The molecule has 3 rings (SSSR count). The van der Waals surface area contributed by atoms with Crippen molar-refractivity contribution in [2.75, 3.05) is 23.3 Å². The molecule has 0 aromatic carbocycles. The van der Waals surface area contributed by atoms with E-state index in [0.29, 0.717) is 5.13 Å². The molecule has 2 aromatic rings.